The van der Waals surface area contributed by atoms with E-state index in [1.807, 2.05) is 0 Å². The van der Waals surface area contributed by atoms with E-state index in [4.69, 9.17) is 14.2 Å². The number of ether oxygens (including phenoxy) is 3. The number of unbranched alkanes of at least 4 members (excludes halogenated alkanes) is 40. The summed E-state index contributed by atoms with van der Waals surface area (Å²) in [4.78, 5) is 38.2. The second kappa shape index (κ2) is 53.8. The summed E-state index contributed by atoms with van der Waals surface area (Å²) in [6.45, 7) is 11.4. The predicted molar refractivity (Wildman–Crippen MR) is 289 cm³/mol. The quantitative estimate of drug-likeness (QED) is 0.0343. The molecule has 0 amide bonds. The van der Waals surface area contributed by atoms with Gasteiger partial charge in [-0.1, -0.05) is 304 Å². The van der Waals surface area contributed by atoms with Crippen molar-refractivity contribution in [2.75, 3.05) is 13.2 Å². The third-order valence-corrected chi connectivity index (χ3v) is 14.0. The van der Waals surface area contributed by atoms with Crippen molar-refractivity contribution < 1.29 is 28.6 Å². The molecule has 0 N–H and O–H groups in total. The van der Waals surface area contributed by atoms with Crippen molar-refractivity contribution >= 4 is 17.9 Å². The molecule has 0 unspecified atom stereocenters. The van der Waals surface area contributed by atoms with Gasteiger partial charge in [0.05, 0.1) is 0 Å². The van der Waals surface area contributed by atoms with Crippen LogP contribution in [0.4, 0.5) is 0 Å². The highest BCUT2D eigenvalue weighted by atomic mass is 16.6. The molecule has 0 aromatic rings. The first-order valence-electron chi connectivity index (χ1n) is 30.2. The Kier molecular flexibility index (Phi) is 52.5. The van der Waals surface area contributed by atoms with E-state index in [1.165, 1.54) is 231 Å². The second-order valence-electron chi connectivity index (χ2n) is 21.9. The molecule has 0 aliphatic rings. The lowest BCUT2D eigenvalue weighted by molar-refractivity contribution is -0.167. The summed E-state index contributed by atoms with van der Waals surface area (Å²) in [5.74, 6) is 0.859. The first-order chi connectivity index (χ1) is 32.7. The molecule has 0 aromatic carbocycles. The van der Waals surface area contributed by atoms with Crippen LogP contribution in [0.2, 0.25) is 0 Å². The third-order valence-electron chi connectivity index (χ3n) is 14.0. The van der Waals surface area contributed by atoms with Gasteiger partial charge in [-0.2, -0.15) is 0 Å². The van der Waals surface area contributed by atoms with E-state index in [9.17, 15) is 14.4 Å². The summed E-state index contributed by atoms with van der Waals surface area (Å²) in [7, 11) is 0. The summed E-state index contributed by atoms with van der Waals surface area (Å²) in [6, 6.07) is 0. The average Bonchev–Trinajstić information content (AvgIpc) is 3.30. The molecule has 0 aromatic heterocycles. The molecule has 0 heterocycles. The second-order valence-corrected chi connectivity index (χ2v) is 21.9. The van der Waals surface area contributed by atoms with Crippen LogP contribution in [0.15, 0.2) is 0 Å². The van der Waals surface area contributed by atoms with E-state index in [0.717, 1.165) is 69.6 Å². The lowest BCUT2D eigenvalue weighted by Crippen LogP contribution is -2.30. The summed E-state index contributed by atoms with van der Waals surface area (Å²) in [5, 5.41) is 0. The van der Waals surface area contributed by atoms with Gasteiger partial charge in [0.2, 0.25) is 0 Å². The molecular weight excluding hydrogens is 829 g/mol. The minimum atomic E-state index is -0.763. The van der Waals surface area contributed by atoms with Crippen molar-refractivity contribution in [1.82, 2.24) is 0 Å². The zero-order valence-electron chi connectivity index (χ0n) is 46.0. The van der Waals surface area contributed by atoms with Gasteiger partial charge in [-0.3, -0.25) is 14.4 Å². The standard InChI is InChI=1S/C61H118O6/c1-6-7-8-9-10-11-12-13-21-28-33-38-43-48-53-61(64)67-58(55-66-60(63)52-47-42-37-32-27-23-18-17-20-25-30-35-40-45-50-57(4)5)54-65-59(62)51-46-41-36-31-26-22-16-14-15-19-24-29-34-39-44-49-56(2)3/h56-58H,6-55H2,1-5H3/t58-/m0/s1. The molecule has 1 atom stereocenters. The first-order valence-corrected chi connectivity index (χ1v) is 30.2. The molecular formula is C61H118O6. The van der Waals surface area contributed by atoms with Gasteiger partial charge < -0.3 is 14.2 Å². The Bertz CT molecular complexity index is 1020. The van der Waals surface area contributed by atoms with Crippen LogP contribution in [0.1, 0.15) is 343 Å². The topological polar surface area (TPSA) is 78.9 Å². The Labute approximate surface area is 418 Å². The molecule has 0 spiro atoms. The smallest absolute Gasteiger partial charge is 0.306 e. The van der Waals surface area contributed by atoms with Gasteiger partial charge in [-0.15, -0.1) is 0 Å². The minimum absolute atomic E-state index is 0.0622. The number of carbonyl (C=O) groups is 3. The van der Waals surface area contributed by atoms with Crippen molar-refractivity contribution in [1.29, 1.82) is 0 Å². The van der Waals surface area contributed by atoms with Gasteiger partial charge in [0, 0.05) is 19.3 Å². The van der Waals surface area contributed by atoms with Gasteiger partial charge in [0.1, 0.15) is 13.2 Å². The van der Waals surface area contributed by atoms with Crippen LogP contribution in [-0.2, 0) is 28.6 Å². The molecule has 0 rings (SSSR count). The summed E-state index contributed by atoms with van der Waals surface area (Å²) in [6.07, 6.45) is 58.1. The Hall–Kier alpha value is -1.59. The van der Waals surface area contributed by atoms with Crippen molar-refractivity contribution in [2.24, 2.45) is 11.8 Å². The van der Waals surface area contributed by atoms with E-state index in [2.05, 4.69) is 34.6 Å². The molecule has 6 heteroatoms. The molecule has 0 bridgehead atoms. The van der Waals surface area contributed by atoms with Crippen LogP contribution in [0.5, 0.6) is 0 Å². The molecule has 0 aliphatic heterocycles. The lowest BCUT2D eigenvalue weighted by Gasteiger charge is -2.18. The van der Waals surface area contributed by atoms with Gasteiger partial charge in [-0.25, -0.2) is 0 Å². The first kappa shape index (κ1) is 65.4. The van der Waals surface area contributed by atoms with E-state index in [0.29, 0.717) is 19.3 Å². The maximum atomic E-state index is 12.9. The van der Waals surface area contributed by atoms with Crippen molar-refractivity contribution in [2.45, 2.75) is 349 Å². The van der Waals surface area contributed by atoms with Crippen LogP contribution in [0, 0.1) is 11.8 Å². The van der Waals surface area contributed by atoms with Crippen molar-refractivity contribution in [3.63, 3.8) is 0 Å². The van der Waals surface area contributed by atoms with Crippen molar-refractivity contribution in [3.8, 4) is 0 Å². The summed E-state index contributed by atoms with van der Waals surface area (Å²) in [5.41, 5.74) is 0. The Balaban J connectivity index is 4.28. The number of carbonyl (C=O) groups excluding carboxylic acids is 3. The van der Waals surface area contributed by atoms with Crippen LogP contribution >= 0.6 is 0 Å². The number of esters is 3. The van der Waals surface area contributed by atoms with Gasteiger partial charge in [-0.05, 0) is 31.1 Å². The predicted octanol–water partition coefficient (Wildman–Crippen LogP) is 20.0. The highest BCUT2D eigenvalue weighted by molar-refractivity contribution is 5.71. The number of rotatable bonds is 55. The highest BCUT2D eigenvalue weighted by Gasteiger charge is 2.19. The van der Waals surface area contributed by atoms with Gasteiger partial charge in [0.15, 0.2) is 6.10 Å². The minimum Gasteiger partial charge on any atom is -0.462 e. The van der Waals surface area contributed by atoms with Crippen LogP contribution in [0.25, 0.3) is 0 Å². The normalized spacial score (nSPS) is 12.0. The molecule has 0 saturated carbocycles. The molecule has 0 fully saturated rings. The Morgan fingerprint density at radius 3 is 0.731 bits per heavy atom. The van der Waals surface area contributed by atoms with Crippen LogP contribution in [-0.4, -0.2) is 37.2 Å². The van der Waals surface area contributed by atoms with E-state index in [1.54, 1.807) is 0 Å². The monoisotopic (exact) mass is 947 g/mol. The molecule has 0 aliphatic carbocycles. The summed E-state index contributed by atoms with van der Waals surface area (Å²) < 4.78 is 16.9. The van der Waals surface area contributed by atoms with E-state index >= 15 is 0 Å². The maximum absolute atomic E-state index is 12.9. The zero-order chi connectivity index (χ0) is 48.9. The average molecular weight is 948 g/mol. The lowest BCUT2D eigenvalue weighted by atomic mass is 10.0. The van der Waals surface area contributed by atoms with Crippen molar-refractivity contribution in [3.05, 3.63) is 0 Å². The fourth-order valence-electron chi connectivity index (χ4n) is 9.40. The molecule has 0 saturated heterocycles. The molecule has 0 radical (unpaired) electrons. The molecule has 67 heavy (non-hydrogen) atoms. The van der Waals surface area contributed by atoms with Gasteiger partial charge >= 0.3 is 17.9 Å². The fraction of sp³-hybridized carbons (Fsp3) is 0.951. The largest absolute Gasteiger partial charge is 0.462 e. The fourth-order valence-corrected chi connectivity index (χ4v) is 9.40. The number of hydrogen-bond acceptors (Lipinski definition) is 6. The van der Waals surface area contributed by atoms with E-state index < -0.39 is 6.10 Å². The molecule has 6 nitrogen and oxygen atoms in total. The van der Waals surface area contributed by atoms with Crippen LogP contribution in [0.3, 0.4) is 0 Å². The third kappa shape index (κ3) is 55.2. The zero-order valence-corrected chi connectivity index (χ0v) is 46.0. The Morgan fingerprint density at radius 1 is 0.284 bits per heavy atom. The van der Waals surface area contributed by atoms with Crippen LogP contribution < -0.4 is 0 Å². The maximum Gasteiger partial charge on any atom is 0.306 e. The summed E-state index contributed by atoms with van der Waals surface area (Å²) >= 11 is 0. The Morgan fingerprint density at radius 2 is 0.493 bits per heavy atom. The highest BCUT2D eigenvalue weighted by Crippen LogP contribution is 2.18. The SMILES string of the molecule is CCCCCCCCCCCCCCCCC(=O)O[C@@H](COC(=O)CCCCCCCCCCCCCCCCCC(C)C)COC(=O)CCCCCCCCCCCCCCCCC(C)C. The number of hydrogen-bond donors (Lipinski definition) is 0. The van der Waals surface area contributed by atoms with E-state index in [-0.39, 0.29) is 31.1 Å². The molecule has 398 valence electrons. The van der Waals surface area contributed by atoms with Gasteiger partial charge in [0.25, 0.3) is 0 Å².